The smallest absolute Gasteiger partial charge is 0.335 e. The third-order valence-corrected chi connectivity index (χ3v) is 3.63. The summed E-state index contributed by atoms with van der Waals surface area (Å²) in [5.41, 5.74) is 0.718. The molecule has 0 saturated heterocycles. The molecule has 0 aliphatic rings. The highest BCUT2D eigenvalue weighted by Gasteiger charge is 2.13. The quantitative estimate of drug-likeness (QED) is 0.725. The largest absolute Gasteiger partial charge is 0.484 e. The summed E-state index contributed by atoms with van der Waals surface area (Å²) >= 11 is 12.0. The van der Waals surface area contributed by atoms with E-state index in [1.54, 1.807) is 30.3 Å². The van der Waals surface area contributed by atoms with Gasteiger partial charge in [0.15, 0.2) is 6.61 Å². The van der Waals surface area contributed by atoms with Gasteiger partial charge in [-0.05, 0) is 36.4 Å². The number of ether oxygens (including phenoxy) is 1. The van der Waals surface area contributed by atoms with Crippen LogP contribution in [0.15, 0.2) is 47.0 Å². The number of hydrogen-bond acceptors (Lipinski definition) is 5. The van der Waals surface area contributed by atoms with Crippen molar-refractivity contribution in [2.75, 3.05) is 0 Å². The summed E-state index contributed by atoms with van der Waals surface area (Å²) in [7, 11) is 0. The van der Waals surface area contributed by atoms with Crippen LogP contribution in [0.25, 0.3) is 11.4 Å². The minimum Gasteiger partial charge on any atom is -0.484 e. The third kappa shape index (κ3) is 3.67. The van der Waals surface area contributed by atoms with Crippen LogP contribution >= 0.6 is 23.2 Å². The number of carbonyl (C=O) groups is 1. The first-order chi connectivity index (χ1) is 11.5. The van der Waals surface area contributed by atoms with Crippen molar-refractivity contribution in [1.29, 1.82) is 0 Å². The number of benzene rings is 2. The highest BCUT2D eigenvalue weighted by Crippen LogP contribution is 2.28. The van der Waals surface area contributed by atoms with Gasteiger partial charge in [-0.25, -0.2) is 4.79 Å². The van der Waals surface area contributed by atoms with Crippen LogP contribution in [0.2, 0.25) is 10.0 Å². The van der Waals surface area contributed by atoms with Crippen molar-refractivity contribution in [3.05, 3.63) is 64.0 Å². The topological polar surface area (TPSA) is 85.5 Å². The second kappa shape index (κ2) is 6.90. The Morgan fingerprint density at radius 3 is 2.79 bits per heavy atom. The van der Waals surface area contributed by atoms with Crippen molar-refractivity contribution in [2.24, 2.45) is 0 Å². The number of rotatable bonds is 5. The van der Waals surface area contributed by atoms with Crippen LogP contribution < -0.4 is 4.74 Å². The van der Waals surface area contributed by atoms with E-state index >= 15 is 0 Å². The molecule has 2 aromatic carbocycles. The highest BCUT2D eigenvalue weighted by atomic mass is 35.5. The molecule has 0 saturated carbocycles. The van der Waals surface area contributed by atoms with Gasteiger partial charge in [0.25, 0.3) is 5.89 Å². The summed E-state index contributed by atoms with van der Waals surface area (Å²) in [6, 6.07) is 11.1. The fraction of sp³-hybridized carbons (Fsp3) is 0.0625. The molecule has 0 spiro atoms. The van der Waals surface area contributed by atoms with Crippen molar-refractivity contribution in [1.82, 2.24) is 10.1 Å². The van der Waals surface area contributed by atoms with Crippen LogP contribution in [0.3, 0.4) is 0 Å². The Labute approximate surface area is 146 Å². The fourth-order valence-electron chi connectivity index (χ4n) is 1.96. The molecular formula is C16H10Cl2N2O4. The zero-order chi connectivity index (χ0) is 17.1. The molecule has 0 aliphatic carbocycles. The maximum Gasteiger partial charge on any atom is 0.335 e. The summed E-state index contributed by atoms with van der Waals surface area (Å²) in [6.07, 6.45) is 0. The molecule has 8 heteroatoms. The summed E-state index contributed by atoms with van der Waals surface area (Å²) in [5.74, 6) is -0.0941. The summed E-state index contributed by atoms with van der Waals surface area (Å²) in [6.45, 7) is 0.00127. The van der Waals surface area contributed by atoms with Crippen LogP contribution in [0.4, 0.5) is 0 Å². The van der Waals surface area contributed by atoms with Gasteiger partial charge in [0.1, 0.15) is 5.75 Å². The Morgan fingerprint density at radius 1 is 1.21 bits per heavy atom. The van der Waals surface area contributed by atoms with Gasteiger partial charge >= 0.3 is 5.97 Å². The molecule has 122 valence electrons. The lowest BCUT2D eigenvalue weighted by atomic mass is 10.2. The molecule has 1 aromatic heterocycles. The predicted molar refractivity (Wildman–Crippen MR) is 87.5 cm³/mol. The molecule has 1 N–H and O–H groups in total. The van der Waals surface area contributed by atoms with Gasteiger partial charge in [-0.1, -0.05) is 34.4 Å². The fourth-order valence-corrected chi connectivity index (χ4v) is 2.45. The van der Waals surface area contributed by atoms with E-state index in [1.807, 2.05) is 0 Å². The molecule has 0 atom stereocenters. The first-order valence-corrected chi connectivity index (χ1v) is 7.52. The minimum atomic E-state index is -1.03. The van der Waals surface area contributed by atoms with E-state index in [2.05, 4.69) is 10.1 Å². The number of hydrogen-bond donors (Lipinski definition) is 1. The Hall–Kier alpha value is -2.57. The van der Waals surface area contributed by atoms with Gasteiger partial charge in [0, 0.05) is 10.6 Å². The highest BCUT2D eigenvalue weighted by molar-refractivity contribution is 6.36. The SMILES string of the molecule is O=C(O)c1cccc(OCc2nc(-c3ccc(Cl)cc3Cl)no2)c1. The molecule has 24 heavy (non-hydrogen) atoms. The van der Waals surface area contributed by atoms with Gasteiger partial charge < -0.3 is 14.4 Å². The zero-order valence-corrected chi connectivity index (χ0v) is 13.6. The van der Waals surface area contributed by atoms with Gasteiger partial charge in [-0.15, -0.1) is 0 Å². The van der Waals surface area contributed by atoms with Crippen LogP contribution in [0.5, 0.6) is 5.75 Å². The van der Waals surface area contributed by atoms with E-state index in [1.165, 1.54) is 12.1 Å². The number of nitrogens with zero attached hydrogens (tertiary/aromatic N) is 2. The Kier molecular flexibility index (Phi) is 4.69. The summed E-state index contributed by atoms with van der Waals surface area (Å²) in [5, 5.41) is 13.7. The van der Waals surface area contributed by atoms with E-state index in [0.717, 1.165) is 0 Å². The second-order valence-electron chi connectivity index (χ2n) is 4.76. The van der Waals surface area contributed by atoms with E-state index in [0.29, 0.717) is 27.2 Å². The predicted octanol–water partition coefficient (Wildman–Crippen LogP) is 4.32. The van der Waals surface area contributed by atoms with Crippen LogP contribution in [0.1, 0.15) is 16.2 Å². The second-order valence-corrected chi connectivity index (χ2v) is 5.60. The van der Waals surface area contributed by atoms with Crippen LogP contribution in [0, 0.1) is 0 Å². The molecule has 0 amide bonds. The molecule has 1 heterocycles. The lowest BCUT2D eigenvalue weighted by molar-refractivity contribution is 0.0696. The molecule has 0 aliphatic heterocycles. The summed E-state index contributed by atoms with van der Waals surface area (Å²) in [4.78, 5) is 15.1. The van der Waals surface area contributed by atoms with Gasteiger partial charge in [0.2, 0.25) is 5.82 Å². The van der Waals surface area contributed by atoms with Gasteiger partial charge in [-0.2, -0.15) is 4.98 Å². The van der Waals surface area contributed by atoms with Gasteiger partial charge in [0.05, 0.1) is 10.6 Å². The number of aromatic nitrogens is 2. The maximum atomic E-state index is 10.9. The zero-order valence-electron chi connectivity index (χ0n) is 12.1. The first-order valence-electron chi connectivity index (χ1n) is 6.77. The van der Waals surface area contributed by atoms with Crippen molar-refractivity contribution in [3.63, 3.8) is 0 Å². The van der Waals surface area contributed by atoms with Crippen molar-refractivity contribution in [3.8, 4) is 17.1 Å². The molecular weight excluding hydrogens is 355 g/mol. The van der Waals surface area contributed by atoms with E-state index in [4.69, 9.17) is 37.6 Å². The Morgan fingerprint density at radius 2 is 2.04 bits per heavy atom. The Balaban J connectivity index is 1.72. The molecule has 0 bridgehead atoms. The molecule has 0 fully saturated rings. The monoisotopic (exact) mass is 364 g/mol. The molecule has 0 radical (unpaired) electrons. The van der Waals surface area contributed by atoms with Crippen LogP contribution in [-0.4, -0.2) is 21.2 Å². The number of aromatic carboxylic acids is 1. The number of carboxylic acid groups (broad SMARTS) is 1. The van der Waals surface area contributed by atoms with E-state index in [9.17, 15) is 4.79 Å². The lowest BCUT2D eigenvalue weighted by Gasteiger charge is -2.03. The standard InChI is InChI=1S/C16H10Cl2N2O4/c17-10-4-5-12(13(18)7-10)15-19-14(24-20-15)8-23-11-3-1-2-9(6-11)16(21)22/h1-7H,8H2,(H,21,22). The average Bonchev–Trinajstić information content (AvgIpc) is 3.02. The average molecular weight is 365 g/mol. The number of halogens is 2. The normalized spacial score (nSPS) is 10.6. The summed E-state index contributed by atoms with van der Waals surface area (Å²) < 4.78 is 10.6. The van der Waals surface area contributed by atoms with Crippen LogP contribution in [-0.2, 0) is 6.61 Å². The van der Waals surface area contributed by atoms with E-state index < -0.39 is 5.97 Å². The van der Waals surface area contributed by atoms with E-state index in [-0.39, 0.29) is 18.1 Å². The third-order valence-electron chi connectivity index (χ3n) is 3.08. The minimum absolute atomic E-state index is 0.00127. The van der Waals surface area contributed by atoms with Crippen molar-refractivity contribution in [2.45, 2.75) is 6.61 Å². The molecule has 6 nitrogen and oxygen atoms in total. The molecule has 0 unspecified atom stereocenters. The molecule has 3 aromatic rings. The van der Waals surface area contributed by atoms with Gasteiger partial charge in [-0.3, -0.25) is 0 Å². The number of carboxylic acids is 1. The lowest BCUT2D eigenvalue weighted by Crippen LogP contribution is -1.99. The van der Waals surface area contributed by atoms with Crippen molar-refractivity contribution < 1.29 is 19.2 Å². The maximum absolute atomic E-state index is 10.9. The Bertz CT molecular complexity index is 895. The first kappa shape index (κ1) is 16.3. The molecule has 3 rings (SSSR count). The van der Waals surface area contributed by atoms with Crippen molar-refractivity contribution >= 4 is 29.2 Å².